The summed E-state index contributed by atoms with van der Waals surface area (Å²) in [4.78, 5) is 37.8. The van der Waals surface area contributed by atoms with Gasteiger partial charge < -0.3 is 10.6 Å². The Hall–Kier alpha value is -3.68. The number of hydrogen-bond donors (Lipinski definition) is 2. The average molecular weight is 507 g/mol. The Labute approximate surface area is 210 Å². The predicted molar refractivity (Wildman–Crippen MR) is 137 cm³/mol. The molecule has 0 radical (unpaired) electrons. The third kappa shape index (κ3) is 5.70. The average Bonchev–Trinajstić information content (AvgIpc) is 3.21. The van der Waals surface area contributed by atoms with Gasteiger partial charge in [-0.1, -0.05) is 12.1 Å². The Bertz CT molecular complexity index is 1350. The van der Waals surface area contributed by atoms with Crippen LogP contribution in [0.25, 0.3) is 0 Å². The van der Waals surface area contributed by atoms with E-state index in [1.165, 1.54) is 52.2 Å². The lowest BCUT2D eigenvalue weighted by Crippen LogP contribution is -2.22. The van der Waals surface area contributed by atoms with Gasteiger partial charge in [0.1, 0.15) is 11.1 Å². The predicted octanol–water partition coefficient (Wildman–Crippen LogP) is 5.78. The molecule has 0 bridgehead atoms. The number of amides is 2. The topological polar surface area (TPSA) is 125 Å². The Kier molecular flexibility index (Phi) is 7.48. The van der Waals surface area contributed by atoms with Gasteiger partial charge in [-0.2, -0.15) is 5.26 Å². The molecule has 8 nitrogen and oxygen atoms in total. The van der Waals surface area contributed by atoms with E-state index < -0.39 is 16.1 Å². The quantitative estimate of drug-likeness (QED) is 0.238. The van der Waals surface area contributed by atoms with Crippen LogP contribution >= 0.6 is 23.1 Å². The van der Waals surface area contributed by atoms with Gasteiger partial charge in [0.25, 0.3) is 11.6 Å². The zero-order chi connectivity index (χ0) is 24.9. The maximum Gasteiger partial charge on any atom is 0.270 e. The van der Waals surface area contributed by atoms with Crippen molar-refractivity contribution < 1.29 is 14.5 Å². The standard InChI is InChI=1S/C25H22N4O4S2/c1-15(23(30)28-25-21(14-26)20-10-2-3-11-22(20)35-25)34-19-9-5-7-17(13-19)27-24(31)16-6-4-8-18(12-16)29(32)33/h4-9,12-13,15H,2-3,10-11H2,1H3,(H,27,31)(H,28,30). The lowest BCUT2D eigenvalue weighted by atomic mass is 9.96. The number of anilines is 2. The first-order chi connectivity index (χ1) is 16.9. The van der Waals surface area contributed by atoms with Crippen LogP contribution in [0.1, 0.15) is 46.1 Å². The molecule has 35 heavy (non-hydrogen) atoms. The van der Waals surface area contributed by atoms with Crippen molar-refractivity contribution >= 4 is 51.3 Å². The van der Waals surface area contributed by atoms with Crippen LogP contribution < -0.4 is 10.6 Å². The fraction of sp³-hybridized carbons (Fsp3) is 0.240. The Balaban J connectivity index is 1.41. The number of fused-ring (bicyclic) bond motifs is 1. The minimum atomic E-state index is -0.550. The number of carbonyl (C=O) groups is 2. The Morgan fingerprint density at radius 2 is 1.91 bits per heavy atom. The second-order valence-corrected chi connectivity index (χ2v) is 10.6. The summed E-state index contributed by atoms with van der Waals surface area (Å²) >= 11 is 2.83. The summed E-state index contributed by atoms with van der Waals surface area (Å²) in [6.07, 6.45) is 3.99. The number of thiophene rings is 1. The van der Waals surface area contributed by atoms with Crippen LogP contribution in [0.5, 0.6) is 0 Å². The van der Waals surface area contributed by atoms with Gasteiger partial charge in [-0.3, -0.25) is 19.7 Å². The first kappa shape index (κ1) is 24.4. The van der Waals surface area contributed by atoms with Crippen molar-refractivity contribution in [3.05, 3.63) is 80.2 Å². The minimum absolute atomic E-state index is 0.159. The molecule has 1 aromatic heterocycles. The van der Waals surface area contributed by atoms with E-state index in [0.29, 0.717) is 16.3 Å². The molecule has 2 aromatic carbocycles. The molecule has 1 heterocycles. The summed E-state index contributed by atoms with van der Waals surface area (Å²) in [6.45, 7) is 1.79. The van der Waals surface area contributed by atoms with Crippen LogP contribution in [0, 0.1) is 21.4 Å². The van der Waals surface area contributed by atoms with Gasteiger partial charge in [0.2, 0.25) is 5.91 Å². The molecule has 0 fully saturated rings. The number of thioether (sulfide) groups is 1. The number of nitro groups is 1. The van der Waals surface area contributed by atoms with Crippen molar-refractivity contribution in [2.24, 2.45) is 0 Å². The van der Waals surface area contributed by atoms with E-state index in [4.69, 9.17) is 0 Å². The lowest BCUT2D eigenvalue weighted by Gasteiger charge is -2.13. The van der Waals surface area contributed by atoms with E-state index in [9.17, 15) is 25.0 Å². The SMILES string of the molecule is CC(Sc1cccc(NC(=O)c2cccc([N+](=O)[O-])c2)c1)C(=O)Nc1sc2c(c1C#N)CCCC2. The molecule has 4 rings (SSSR count). The zero-order valence-corrected chi connectivity index (χ0v) is 20.5. The molecule has 3 aromatic rings. The van der Waals surface area contributed by atoms with Gasteiger partial charge in [0.05, 0.1) is 15.7 Å². The summed E-state index contributed by atoms with van der Waals surface area (Å²) in [5.74, 6) is -0.663. The third-order valence-electron chi connectivity index (χ3n) is 5.61. The van der Waals surface area contributed by atoms with Crippen molar-refractivity contribution in [2.45, 2.75) is 42.8 Å². The lowest BCUT2D eigenvalue weighted by molar-refractivity contribution is -0.384. The monoisotopic (exact) mass is 506 g/mol. The number of hydrogen-bond acceptors (Lipinski definition) is 7. The second-order valence-electron chi connectivity index (χ2n) is 8.07. The number of carbonyl (C=O) groups excluding carboxylic acids is 2. The first-order valence-corrected chi connectivity index (χ1v) is 12.7. The molecule has 1 aliphatic rings. The second kappa shape index (κ2) is 10.7. The molecule has 178 valence electrons. The van der Waals surface area contributed by atoms with Gasteiger partial charge in [0.15, 0.2) is 0 Å². The van der Waals surface area contributed by atoms with Crippen molar-refractivity contribution in [1.29, 1.82) is 5.26 Å². The van der Waals surface area contributed by atoms with E-state index in [-0.39, 0.29) is 17.2 Å². The molecule has 0 saturated carbocycles. The zero-order valence-electron chi connectivity index (χ0n) is 18.9. The number of aryl methyl sites for hydroxylation is 1. The van der Waals surface area contributed by atoms with E-state index >= 15 is 0 Å². The maximum atomic E-state index is 12.9. The highest BCUT2D eigenvalue weighted by atomic mass is 32.2. The molecule has 2 N–H and O–H groups in total. The van der Waals surface area contributed by atoms with Crippen LogP contribution in [-0.2, 0) is 17.6 Å². The summed E-state index contributed by atoms with van der Waals surface area (Å²) < 4.78 is 0. The van der Waals surface area contributed by atoms with Crippen molar-refractivity contribution in [3.8, 4) is 6.07 Å². The summed E-state index contributed by atoms with van der Waals surface area (Å²) in [7, 11) is 0. The smallest absolute Gasteiger partial charge is 0.270 e. The Morgan fingerprint density at radius 1 is 1.14 bits per heavy atom. The number of nitrogens with zero attached hydrogens (tertiary/aromatic N) is 2. The molecule has 0 spiro atoms. The minimum Gasteiger partial charge on any atom is -0.322 e. The van der Waals surface area contributed by atoms with Crippen molar-refractivity contribution in [2.75, 3.05) is 10.6 Å². The Morgan fingerprint density at radius 3 is 2.69 bits per heavy atom. The molecule has 2 amide bonds. The summed E-state index contributed by atoms with van der Waals surface area (Å²) in [5.41, 5.74) is 2.19. The first-order valence-electron chi connectivity index (χ1n) is 11.0. The van der Waals surface area contributed by atoms with E-state index in [0.717, 1.165) is 36.1 Å². The molecular weight excluding hydrogens is 484 g/mol. The van der Waals surface area contributed by atoms with Crippen molar-refractivity contribution in [1.82, 2.24) is 0 Å². The van der Waals surface area contributed by atoms with Gasteiger partial charge in [-0.25, -0.2) is 0 Å². The fourth-order valence-electron chi connectivity index (χ4n) is 3.85. The van der Waals surface area contributed by atoms with Crippen LogP contribution in [0.15, 0.2) is 53.4 Å². The highest BCUT2D eigenvalue weighted by molar-refractivity contribution is 8.00. The van der Waals surface area contributed by atoms with Crippen LogP contribution in [-0.4, -0.2) is 22.0 Å². The molecular formula is C25H22N4O4S2. The highest BCUT2D eigenvalue weighted by Gasteiger charge is 2.23. The van der Waals surface area contributed by atoms with Crippen LogP contribution in [0.4, 0.5) is 16.4 Å². The van der Waals surface area contributed by atoms with E-state index in [1.54, 1.807) is 25.1 Å². The van der Waals surface area contributed by atoms with Crippen LogP contribution in [0.2, 0.25) is 0 Å². The number of nitrogens with one attached hydrogen (secondary N) is 2. The third-order valence-corrected chi connectivity index (χ3v) is 7.91. The molecule has 0 aliphatic heterocycles. The van der Waals surface area contributed by atoms with Gasteiger partial charge in [-0.05, 0) is 62.4 Å². The summed E-state index contributed by atoms with van der Waals surface area (Å²) in [6, 6.07) is 14.8. The normalized spacial score (nSPS) is 13.3. The highest BCUT2D eigenvalue weighted by Crippen LogP contribution is 2.38. The molecule has 10 heteroatoms. The largest absolute Gasteiger partial charge is 0.322 e. The number of nitro benzene ring substituents is 1. The van der Waals surface area contributed by atoms with Crippen LogP contribution in [0.3, 0.4) is 0 Å². The van der Waals surface area contributed by atoms with E-state index in [2.05, 4.69) is 16.7 Å². The van der Waals surface area contributed by atoms with Gasteiger partial charge in [-0.15, -0.1) is 23.1 Å². The van der Waals surface area contributed by atoms with Crippen molar-refractivity contribution in [3.63, 3.8) is 0 Å². The van der Waals surface area contributed by atoms with E-state index in [1.807, 2.05) is 6.07 Å². The molecule has 0 saturated heterocycles. The fourth-order valence-corrected chi connectivity index (χ4v) is 6.02. The molecule has 1 atom stereocenters. The molecule has 1 aliphatic carbocycles. The summed E-state index contributed by atoms with van der Waals surface area (Å²) in [5, 5.41) is 26.4. The van der Waals surface area contributed by atoms with Gasteiger partial charge >= 0.3 is 0 Å². The molecule has 1 unspecified atom stereocenters. The number of nitriles is 1. The number of non-ortho nitro benzene ring substituents is 1. The number of benzene rings is 2. The number of rotatable bonds is 7. The van der Waals surface area contributed by atoms with Gasteiger partial charge in [0, 0.05) is 33.2 Å². The maximum absolute atomic E-state index is 12.9.